The van der Waals surface area contributed by atoms with E-state index >= 15 is 0 Å². The zero-order chi connectivity index (χ0) is 44.1. The summed E-state index contributed by atoms with van der Waals surface area (Å²) in [6.45, 7) is 0. The molecule has 67 heavy (non-hydrogen) atoms. The molecular weight excluding hydrogens is 835 g/mol. The summed E-state index contributed by atoms with van der Waals surface area (Å²) in [7, 11) is -3.48. The Bertz CT molecular complexity index is 4130. The van der Waals surface area contributed by atoms with Gasteiger partial charge >= 0.3 is 376 Å². The van der Waals surface area contributed by atoms with E-state index in [4.69, 9.17) is 14.4 Å². The number of pyridine rings is 1. The molecule has 0 radical (unpaired) electrons. The fraction of sp³-hybridized carbons (Fsp3) is 0. The first-order valence-electron chi connectivity index (χ1n) is 22.9. The van der Waals surface area contributed by atoms with Crippen LogP contribution in [0.1, 0.15) is 0 Å². The van der Waals surface area contributed by atoms with Crippen LogP contribution in [-0.2, 0) is 0 Å². The summed E-state index contributed by atoms with van der Waals surface area (Å²) in [5, 5.41) is 9.82. The summed E-state index contributed by atoms with van der Waals surface area (Å²) >= 11 is 0. The summed E-state index contributed by atoms with van der Waals surface area (Å²) in [5.41, 5.74) is 10.3. The van der Waals surface area contributed by atoms with Crippen LogP contribution in [0.4, 0.5) is 0 Å². The van der Waals surface area contributed by atoms with Crippen molar-refractivity contribution in [3.8, 4) is 22.8 Å². The molecule has 14 rings (SSSR count). The second-order valence-electron chi connectivity index (χ2n) is 17.6. The van der Waals surface area contributed by atoms with Crippen LogP contribution in [0.2, 0.25) is 0 Å². The van der Waals surface area contributed by atoms with Gasteiger partial charge in [-0.05, 0) is 0 Å². The van der Waals surface area contributed by atoms with Crippen molar-refractivity contribution in [3.63, 3.8) is 0 Å². The molecular formula is C60H40N5OSi-. The number of imidazole rings is 2. The first kappa shape index (κ1) is 37.6. The molecule has 9 aromatic carbocycles. The van der Waals surface area contributed by atoms with Crippen LogP contribution in [-0.4, -0.2) is 31.6 Å². The Hall–Kier alpha value is -8.78. The van der Waals surface area contributed by atoms with Gasteiger partial charge in [-0.25, -0.2) is 0 Å². The molecule has 0 spiro atoms. The average Bonchev–Trinajstić information content (AvgIpc) is 4.15. The summed E-state index contributed by atoms with van der Waals surface area (Å²) < 4.78 is 13.7. The van der Waals surface area contributed by atoms with Crippen molar-refractivity contribution >= 4 is 100 Å². The van der Waals surface area contributed by atoms with Crippen molar-refractivity contribution in [1.82, 2.24) is 23.5 Å². The Morgan fingerprint density at radius 1 is 0.358 bits per heavy atom. The summed E-state index contributed by atoms with van der Waals surface area (Å²) in [6, 6.07) is 85.4. The standard InChI is InChI=1S/C60H40N5OSi/c1-3-18-42(19-4-1)67(43-20-5-2-6-21-43,56-33-17-25-48-47-24-9-16-32-55(47)66-59(48)56)44-36-34-40(35-37-44)41-38-57(63-50-27-11-7-22-45(50)46-23-8-12-28-51(46)63)62-58(39-41)65-54-31-15-14-30-53(54)64-52-29-13-10-26-49(52)61-60(64)65/h1-39,67H/q-1. The SMILES string of the molecule is c1ccc([SiH-](c2ccccc2)(c2ccc(-c3cc(-n4c5ccccc5c5ccccc54)nc(-n4c5ccccc5n5c6ccccc6nc45)c3)cc2)c2cccc3c2oc2ccccc23)cc1. The number of para-hydroxylation sites is 8. The quantitative estimate of drug-likeness (QED) is 0.118. The molecule has 6 nitrogen and oxygen atoms in total. The third-order valence-electron chi connectivity index (χ3n) is 14.2. The van der Waals surface area contributed by atoms with E-state index in [1.54, 1.807) is 0 Å². The maximum absolute atomic E-state index is 6.91. The Kier molecular flexibility index (Phi) is 8.20. The molecule has 0 aliphatic carbocycles. The molecule has 14 aromatic rings. The van der Waals surface area contributed by atoms with E-state index in [0.717, 1.165) is 83.6 Å². The van der Waals surface area contributed by atoms with E-state index < -0.39 is 8.07 Å². The van der Waals surface area contributed by atoms with E-state index in [2.05, 4.69) is 250 Å². The molecule has 0 aliphatic heterocycles. The van der Waals surface area contributed by atoms with Gasteiger partial charge < -0.3 is 0 Å². The van der Waals surface area contributed by atoms with Crippen molar-refractivity contribution in [2.45, 2.75) is 0 Å². The second kappa shape index (κ2) is 14.6. The third kappa shape index (κ3) is 5.49. The molecule has 7 heteroatoms. The molecule has 0 bridgehead atoms. The number of fused-ring (bicyclic) bond motifs is 11. The van der Waals surface area contributed by atoms with Gasteiger partial charge in [0.2, 0.25) is 0 Å². The predicted molar refractivity (Wildman–Crippen MR) is 279 cm³/mol. The van der Waals surface area contributed by atoms with Gasteiger partial charge in [0.1, 0.15) is 0 Å². The van der Waals surface area contributed by atoms with Crippen LogP contribution >= 0.6 is 0 Å². The number of rotatable bonds is 7. The van der Waals surface area contributed by atoms with Crippen molar-refractivity contribution < 1.29 is 4.42 Å². The van der Waals surface area contributed by atoms with Crippen molar-refractivity contribution in [1.29, 1.82) is 0 Å². The van der Waals surface area contributed by atoms with Crippen LogP contribution in [0.25, 0.3) is 94.4 Å². The minimum absolute atomic E-state index is 0.788. The van der Waals surface area contributed by atoms with Crippen LogP contribution in [0, 0.1) is 0 Å². The summed E-state index contributed by atoms with van der Waals surface area (Å²) in [6.07, 6.45) is 0. The first-order chi connectivity index (χ1) is 33.2. The molecule has 5 aromatic heterocycles. The van der Waals surface area contributed by atoms with Crippen LogP contribution < -0.4 is 20.7 Å². The van der Waals surface area contributed by atoms with E-state index in [9.17, 15) is 0 Å². The molecule has 0 N–H and O–H groups in total. The van der Waals surface area contributed by atoms with Crippen molar-refractivity contribution in [3.05, 3.63) is 237 Å². The normalized spacial score (nSPS) is 12.4. The summed E-state index contributed by atoms with van der Waals surface area (Å²) in [4.78, 5) is 10.9. The van der Waals surface area contributed by atoms with Crippen molar-refractivity contribution in [2.75, 3.05) is 0 Å². The van der Waals surface area contributed by atoms with Gasteiger partial charge in [-0.1, -0.05) is 12.1 Å². The predicted octanol–water partition coefficient (Wildman–Crippen LogP) is 11.6. The van der Waals surface area contributed by atoms with E-state index in [1.807, 2.05) is 0 Å². The van der Waals surface area contributed by atoms with Crippen LogP contribution in [0.15, 0.2) is 241 Å². The molecule has 0 fully saturated rings. The Morgan fingerprint density at radius 3 is 1.57 bits per heavy atom. The number of aromatic nitrogens is 5. The number of nitrogens with zero attached hydrogens (tertiary/aromatic N) is 5. The van der Waals surface area contributed by atoms with E-state index in [-0.39, 0.29) is 0 Å². The van der Waals surface area contributed by atoms with Gasteiger partial charge in [0.25, 0.3) is 0 Å². The topological polar surface area (TPSA) is 53.2 Å². The fourth-order valence-corrected chi connectivity index (χ4v) is 16.9. The Morgan fingerprint density at radius 2 is 0.881 bits per heavy atom. The van der Waals surface area contributed by atoms with Gasteiger partial charge in [-0.15, -0.1) is 0 Å². The molecule has 0 atom stereocenters. The average molecular weight is 875 g/mol. The Balaban J connectivity index is 1.04. The van der Waals surface area contributed by atoms with Crippen molar-refractivity contribution in [2.24, 2.45) is 0 Å². The number of hydrogen-bond acceptors (Lipinski definition) is 3. The molecule has 0 amide bonds. The van der Waals surface area contributed by atoms with E-state index in [1.165, 1.54) is 31.5 Å². The van der Waals surface area contributed by atoms with Gasteiger partial charge in [-0.2, -0.15) is 0 Å². The molecule has 0 saturated carbocycles. The molecule has 0 saturated heterocycles. The van der Waals surface area contributed by atoms with Crippen LogP contribution in [0.5, 0.6) is 0 Å². The van der Waals surface area contributed by atoms with Crippen LogP contribution in [0.3, 0.4) is 0 Å². The second-order valence-corrected chi connectivity index (χ2v) is 22.0. The molecule has 316 valence electrons. The molecule has 0 aliphatic rings. The van der Waals surface area contributed by atoms with Gasteiger partial charge in [0, 0.05) is 0 Å². The first-order valence-corrected chi connectivity index (χ1v) is 25.2. The number of hydrogen-bond donors (Lipinski definition) is 0. The fourth-order valence-electron chi connectivity index (χ4n) is 11.3. The third-order valence-corrected chi connectivity index (χ3v) is 19.7. The van der Waals surface area contributed by atoms with E-state index in [0.29, 0.717) is 0 Å². The zero-order valence-corrected chi connectivity index (χ0v) is 37.4. The maximum atomic E-state index is 6.91. The monoisotopic (exact) mass is 874 g/mol. The molecule has 5 heterocycles. The number of furan rings is 1. The Labute approximate surface area is 385 Å². The van der Waals surface area contributed by atoms with Gasteiger partial charge in [0.05, 0.1) is 0 Å². The number of benzene rings is 9. The molecule has 0 unspecified atom stereocenters. The minimum atomic E-state index is -3.48. The van der Waals surface area contributed by atoms with Gasteiger partial charge in [0.15, 0.2) is 0 Å². The zero-order valence-electron chi connectivity index (χ0n) is 36.2. The summed E-state index contributed by atoms with van der Waals surface area (Å²) in [5.74, 6) is 2.44. The van der Waals surface area contributed by atoms with Gasteiger partial charge in [-0.3, -0.25) is 0 Å².